The molecule has 43 heavy (non-hydrogen) atoms. The number of H-pyrrole nitrogens is 1. The maximum atomic E-state index is 12.9. The molecule has 2 aromatic heterocycles. The van der Waals surface area contributed by atoms with E-state index in [-0.39, 0.29) is 19.1 Å². The normalized spacial score (nSPS) is 22.1. The predicted molar refractivity (Wildman–Crippen MR) is 155 cm³/mol. The number of rotatable bonds is 6. The summed E-state index contributed by atoms with van der Waals surface area (Å²) in [5.74, 6) is -2.30. The van der Waals surface area contributed by atoms with Crippen LogP contribution in [0.5, 0.6) is 0 Å². The van der Waals surface area contributed by atoms with Crippen molar-refractivity contribution < 1.29 is 27.5 Å². The van der Waals surface area contributed by atoms with Crippen molar-refractivity contribution >= 4 is 40.2 Å². The van der Waals surface area contributed by atoms with Gasteiger partial charge in [-0.15, -0.1) is 0 Å². The molecule has 2 N–H and O–H groups in total. The molecule has 6 rings (SSSR count). The summed E-state index contributed by atoms with van der Waals surface area (Å²) < 4.78 is 44.2. The average molecular weight is 622 g/mol. The van der Waals surface area contributed by atoms with Crippen molar-refractivity contribution in [3.8, 4) is 11.1 Å². The maximum absolute atomic E-state index is 12.9. The van der Waals surface area contributed by atoms with Gasteiger partial charge in [0.25, 0.3) is 5.91 Å². The molecule has 2 aliphatic heterocycles. The van der Waals surface area contributed by atoms with Gasteiger partial charge in [-0.25, -0.2) is 4.79 Å². The molecule has 1 amide bonds. The molecule has 14 heteroatoms. The number of nitrogens with one attached hydrogen (secondary N) is 2. The number of anilines is 1. The molecule has 10 nitrogen and oxygen atoms in total. The third-order valence-electron chi connectivity index (χ3n) is 9.63. The van der Waals surface area contributed by atoms with Crippen LogP contribution >= 0.6 is 11.6 Å². The molecule has 1 aliphatic carbocycles. The van der Waals surface area contributed by atoms with Crippen LogP contribution in [0.4, 0.5) is 19.0 Å². The number of ether oxygens (including phenoxy) is 1. The first-order chi connectivity index (χ1) is 20.3. The number of carbonyl (C=O) groups is 2. The van der Waals surface area contributed by atoms with Gasteiger partial charge in [0.15, 0.2) is 12.4 Å². The fraction of sp³-hybridized carbons (Fsp3) is 0.586. The molecule has 232 valence electrons. The molecule has 3 aliphatic rings. The summed E-state index contributed by atoms with van der Waals surface area (Å²) in [6, 6.07) is 2.22. The zero-order valence-electron chi connectivity index (χ0n) is 24.6. The number of nitrogens with zero attached hydrogens (tertiary/aromatic N) is 5. The molecule has 0 radical (unpaired) electrons. The monoisotopic (exact) mass is 621 g/mol. The number of alkyl halides is 3. The minimum Gasteiger partial charge on any atom is -0.449 e. The number of aryl methyl sites for hydroxylation is 1. The van der Waals surface area contributed by atoms with Gasteiger partial charge in [-0.2, -0.15) is 23.4 Å². The first kappa shape index (κ1) is 29.7. The fourth-order valence-electron chi connectivity index (χ4n) is 6.91. The quantitative estimate of drug-likeness (QED) is 0.389. The molecule has 0 bridgehead atoms. The van der Waals surface area contributed by atoms with E-state index in [4.69, 9.17) is 16.7 Å². The number of aromatic nitrogens is 4. The predicted octanol–water partition coefficient (Wildman–Crippen LogP) is 4.54. The lowest BCUT2D eigenvalue weighted by Crippen LogP contribution is -2.62. The van der Waals surface area contributed by atoms with Gasteiger partial charge in [-0.3, -0.25) is 14.6 Å². The van der Waals surface area contributed by atoms with Gasteiger partial charge in [0.1, 0.15) is 0 Å². The molecule has 3 aromatic rings. The number of carbonyl (C=O) groups excluding carboxylic acids is 2. The van der Waals surface area contributed by atoms with Gasteiger partial charge in [0, 0.05) is 54.9 Å². The number of hydrogen-bond donors (Lipinski definition) is 2. The standard InChI is InChI=1S/C29H35ClF3N7O3/c1-5-27(4)15-38(21(41)12-43-26(42)29(31,32)33)6-7-39(27)25-22(23-19-11-35-36-20(19)8-16(2)24(23)30)17(3)40(37-25)18-9-28(10-18)13-34-14-28/h8,11,18,34H,5-7,9-10,12-15H2,1-4H3,(H,35,36)/t27-/m0/s1. The van der Waals surface area contributed by atoms with Crippen LogP contribution in [-0.2, 0) is 14.3 Å². The zero-order chi connectivity index (χ0) is 30.9. The molecule has 1 saturated carbocycles. The Bertz CT molecular complexity index is 1590. The largest absolute Gasteiger partial charge is 0.490 e. The van der Waals surface area contributed by atoms with Gasteiger partial charge in [-0.05, 0) is 57.1 Å². The fourth-order valence-corrected chi connectivity index (χ4v) is 7.16. The highest BCUT2D eigenvalue weighted by Gasteiger charge is 2.51. The SMILES string of the molecule is CC[C@@]1(C)CN(C(=O)COC(=O)C(F)(F)F)CCN1c1nn(C2CC3(CNC3)C2)c(C)c1-c1c(Cl)c(C)cc2[nH]ncc12. The van der Waals surface area contributed by atoms with Gasteiger partial charge < -0.3 is 19.9 Å². The highest BCUT2D eigenvalue weighted by Crippen LogP contribution is 2.53. The third kappa shape index (κ3) is 4.94. The molecule has 1 spiro atoms. The van der Waals surface area contributed by atoms with Gasteiger partial charge in [-0.1, -0.05) is 18.5 Å². The van der Waals surface area contributed by atoms with Crippen LogP contribution in [0.2, 0.25) is 5.02 Å². The van der Waals surface area contributed by atoms with E-state index in [1.165, 1.54) is 4.90 Å². The zero-order valence-corrected chi connectivity index (χ0v) is 25.3. The van der Waals surface area contributed by atoms with Crippen LogP contribution in [0.25, 0.3) is 22.0 Å². The molecule has 1 atom stereocenters. The molecule has 2 saturated heterocycles. The summed E-state index contributed by atoms with van der Waals surface area (Å²) >= 11 is 7.04. The Hall–Kier alpha value is -3.32. The lowest BCUT2D eigenvalue weighted by molar-refractivity contribution is -0.200. The summed E-state index contributed by atoms with van der Waals surface area (Å²) in [4.78, 5) is 27.7. The van der Waals surface area contributed by atoms with Crippen LogP contribution in [-0.4, -0.2) is 87.8 Å². The lowest BCUT2D eigenvalue weighted by Gasteiger charge is -2.54. The van der Waals surface area contributed by atoms with Gasteiger partial charge >= 0.3 is 12.1 Å². The Balaban J connectivity index is 1.37. The minimum atomic E-state index is -5.16. The molecule has 1 aromatic carbocycles. The van der Waals surface area contributed by atoms with Crippen LogP contribution in [0.1, 0.15) is 50.4 Å². The Morgan fingerprint density at radius 2 is 1.91 bits per heavy atom. The molecule has 4 heterocycles. The topological polar surface area (TPSA) is 108 Å². The highest BCUT2D eigenvalue weighted by atomic mass is 35.5. The van der Waals surface area contributed by atoms with E-state index >= 15 is 0 Å². The maximum Gasteiger partial charge on any atom is 0.490 e. The summed E-state index contributed by atoms with van der Waals surface area (Å²) in [5, 5.41) is 17.5. The van der Waals surface area contributed by atoms with Crippen molar-refractivity contribution in [3.05, 3.63) is 28.5 Å². The van der Waals surface area contributed by atoms with Crippen LogP contribution < -0.4 is 10.2 Å². The van der Waals surface area contributed by atoms with Crippen molar-refractivity contribution in [2.24, 2.45) is 5.41 Å². The lowest BCUT2D eigenvalue weighted by atomic mass is 9.61. The van der Waals surface area contributed by atoms with Crippen molar-refractivity contribution in [1.82, 2.24) is 30.2 Å². The van der Waals surface area contributed by atoms with E-state index in [1.54, 1.807) is 6.20 Å². The number of esters is 1. The number of aromatic amines is 1. The number of halogens is 4. The number of benzene rings is 1. The van der Waals surface area contributed by atoms with Crippen LogP contribution in [0.3, 0.4) is 0 Å². The number of amides is 1. The summed E-state index contributed by atoms with van der Waals surface area (Å²) in [5.41, 5.74) is 4.23. The van der Waals surface area contributed by atoms with E-state index in [0.29, 0.717) is 23.4 Å². The first-order valence-corrected chi connectivity index (χ1v) is 14.9. The van der Waals surface area contributed by atoms with E-state index in [0.717, 1.165) is 65.0 Å². The van der Waals surface area contributed by atoms with Crippen LogP contribution in [0.15, 0.2) is 12.3 Å². The third-order valence-corrected chi connectivity index (χ3v) is 10.1. The Kier molecular flexibility index (Phi) is 7.19. The number of hydrogen-bond acceptors (Lipinski definition) is 7. The van der Waals surface area contributed by atoms with E-state index in [2.05, 4.69) is 36.8 Å². The van der Waals surface area contributed by atoms with Crippen molar-refractivity contribution in [2.45, 2.75) is 64.7 Å². The number of piperazine rings is 1. The summed E-state index contributed by atoms with van der Waals surface area (Å²) in [6.45, 7) is 9.93. The molecular weight excluding hydrogens is 587 g/mol. The molecular formula is C29H35ClF3N7O3. The van der Waals surface area contributed by atoms with Gasteiger partial charge in [0.05, 0.1) is 28.3 Å². The smallest absolute Gasteiger partial charge is 0.449 e. The van der Waals surface area contributed by atoms with Crippen LogP contribution in [0, 0.1) is 19.3 Å². The van der Waals surface area contributed by atoms with E-state index in [1.807, 2.05) is 26.8 Å². The second kappa shape index (κ2) is 10.4. The van der Waals surface area contributed by atoms with Crippen molar-refractivity contribution in [3.63, 3.8) is 0 Å². The second-order valence-corrected chi connectivity index (χ2v) is 12.9. The highest BCUT2D eigenvalue weighted by molar-refractivity contribution is 6.36. The molecule has 3 fully saturated rings. The average Bonchev–Trinajstić information content (AvgIpc) is 3.50. The Morgan fingerprint density at radius 3 is 2.53 bits per heavy atom. The van der Waals surface area contributed by atoms with E-state index in [9.17, 15) is 22.8 Å². The van der Waals surface area contributed by atoms with Gasteiger partial charge in [0.2, 0.25) is 0 Å². The second-order valence-electron chi connectivity index (χ2n) is 12.5. The van der Waals surface area contributed by atoms with Crippen molar-refractivity contribution in [2.75, 3.05) is 44.2 Å². The summed E-state index contributed by atoms with van der Waals surface area (Å²) in [6.07, 6.45) is -0.698. The number of fused-ring (bicyclic) bond motifs is 1. The minimum absolute atomic E-state index is 0.220. The van der Waals surface area contributed by atoms with Crippen molar-refractivity contribution in [1.29, 1.82) is 0 Å². The molecule has 0 unspecified atom stereocenters. The summed E-state index contributed by atoms with van der Waals surface area (Å²) in [7, 11) is 0. The Morgan fingerprint density at radius 1 is 1.19 bits per heavy atom. The Labute approximate surface area is 251 Å². The first-order valence-electron chi connectivity index (χ1n) is 14.5. The van der Waals surface area contributed by atoms with E-state index < -0.39 is 30.2 Å².